The van der Waals surface area contributed by atoms with E-state index in [1.165, 1.54) is 7.11 Å². The molecule has 0 saturated carbocycles. The van der Waals surface area contributed by atoms with Crippen LogP contribution >= 0.6 is 11.6 Å². The Morgan fingerprint density at radius 1 is 1.16 bits per heavy atom. The Kier molecular flexibility index (Phi) is 6.03. The molecule has 2 aromatic rings. The van der Waals surface area contributed by atoms with Crippen molar-refractivity contribution in [1.29, 1.82) is 0 Å². The molecule has 2 atom stereocenters. The van der Waals surface area contributed by atoms with Gasteiger partial charge in [-0.2, -0.15) is 0 Å². The summed E-state index contributed by atoms with van der Waals surface area (Å²) < 4.78 is 4.79. The molecule has 2 N–H and O–H groups in total. The van der Waals surface area contributed by atoms with Crippen LogP contribution in [-0.4, -0.2) is 29.9 Å². The van der Waals surface area contributed by atoms with Crippen molar-refractivity contribution in [2.24, 2.45) is 0 Å². The van der Waals surface area contributed by atoms with E-state index < -0.39 is 12.0 Å². The third-order valence-corrected chi connectivity index (χ3v) is 4.59. The maximum absolute atomic E-state index is 12.8. The smallest absolute Gasteiger partial charge is 0.339 e. The first-order chi connectivity index (χ1) is 11.8. The lowest BCUT2D eigenvalue weighted by molar-refractivity contribution is 0.0599. The molecule has 0 aliphatic rings. The highest BCUT2D eigenvalue weighted by Gasteiger charge is 2.26. The van der Waals surface area contributed by atoms with Gasteiger partial charge in [-0.3, -0.25) is 4.79 Å². The van der Waals surface area contributed by atoms with E-state index in [1.54, 1.807) is 13.8 Å². The van der Waals surface area contributed by atoms with Crippen LogP contribution < -0.4 is 5.32 Å². The summed E-state index contributed by atoms with van der Waals surface area (Å²) in [6.45, 7) is 7.30. The number of carbonyl (C=O) groups excluding carboxylic acids is 2. The minimum Gasteiger partial charge on any atom is -0.465 e. The van der Waals surface area contributed by atoms with E-state index in [0.717, 1.165) is 5.56 Å². The summed E-state index contributed by atoms with van der Waals surface area (Å²) in [7, 11) is 1.33. The number of ketones is 1. The number of hydrogen-bond donors (Lipinski definition) is 2. The molecule has 2 rings (SSSR count). The fraction of sp³-hybridized carbons (Fsp3) is 0.368. The fourth-order valence-corrected chi connectivity index (χ4v) is 3.05. The van der Waals surface area contributed by atoms with Crippen molar-refractivity contribution in [2.75, 3.05) is 7.11 Å². The molecule has 6 heteroatoms. The normalized spacial score (nSPS) is 13.4. The van der Waals surface area contributed by atoms with Gasteiger partial charge in [-0.1, -0.05) is 23.7 Å². The summed E-state index contributed by atoms with van der Waals surface area (Å²) in [5, 5.41) is 3.96. The van der Waals surface area contributed by atoms with Crippen LogP contribution in [-0.2, 0) is 4.74 Å². The van der Waals surface area contributed by atoms with Crippen LogP contribution in [0.3, 0.4) is 0 Å². The van der Waals surface area contributed by atoms with Crippen molar-refractivity contribution in [2.45, 2.75) is 39.8 Å². The Balaban J connectivity index is 2.17. The minimum absolute atomic E-state index is 0.0207. The first-order valence-corrected chi connectivity index (χ1v) is 8.47. The van der Waals surface area contributed by atoms with Gasteiger partial charge in [-0.15, -0.1) is 0 Å². The van der Waals surface area contributed by atoms with Gasteiger partial charge in [0.2, 0.25) is 0 Å². The predicted octanol–water partition coefficient (Wildman–Crippen LogP) is 3.99. The standard InChI is InChI=1S/C19H23ClN2O3/c1-10-16(19(24)25-5)12(3)22-17(10)18(23)13(4)21-11(2)14-6-8-15(20)9-7-14/h6-9,11,13,21-22H,1-5H3/t11-,13-/m1/s1. The maximum atomic E-state index is 12.8. The van der Waals surface area contributed by atoms with Gasteiger partial charge in [0.1, 0.15) is 0 Å². The number of hydrogen-bond acceptors (Lipinski definition) is 4. The summed E-state index contributed by atoms with van der Waals surface area (Å²) in [4.78, 5) is 27.7. The number of aryl methyl sites for hydroxylation is 1. The number of halogens is 1. The molecular formula is C19H23ClN2O3. The summed E-state index contributed by atoms with van der Waals surface area (Å²) >= 11 is 5.91. The first kappa shape index (κ1) is 19.2. The first-order valence-electron chi connectivity index (χ1n) is 8.09. The zero-order chi connectivity index (χ0) is 18.7. The molecule has 0 aliphatic carbocycles. The Labute approximate surface area is 152 Å². The van der Waals surface area contributed by atoms with Crippen LogP contribution in [0.5, 0.6) is 0 Å². The molecule has 5 nitrogen and oxygen atoms in total. The van der Waals surface area contributed by atoms with Crippen molar-refractivity contribution < 1.29 is 14.3 Å². The molecule has 0 aliphatic heterocycles. The molecule has 0 saturated heterocycles. The van der Waals surface area contributed by atoms with Crippen molar-refractivity contribution >= 4 is 23.4 Å². The summed E-state index contributed by atoms with van der Waals surface area (Å²) in [5.41, 5.74) is 3.14. The van der Waals surface area contributed by atoms with Gasteiger partial charge >= 0.3 is 5.97 Å². The Morgan fingerprint density at radius 3 is 2.32 bits per heavy atom. The molecule has 1 heterocycles. The zero-order valence-electron chi connectivity index (χ0n) is 15.1. The lowest BCUT2D eigenvalue weighted by Crippen LogP contribution is -2.36. The molecule has 134 valence electrons. The quantitative estimate of drug-likeness (QED) is 0.602. The van der Waals surface area contributed by atoms with Gasteiger partial charge in [-0.05, 0) is 51.0 Å². The average Bonchev–Trinajstić information content (AvgIpc) is 2.88. The number of H-pyrrole nitrogens is 1. The monoisotopic (exact) mass is 362 g/mol. The topological polar surface area (TPSA) is 71.2 Å². The fourth-order valence-electron chi connectivity index (χ4n) is 2.92. The Hall–Kier alpha value is -2.11. The maximum Gasteiger partial charge on any atom is 0.339 e. The predicted molar refractivity (Wildman–Crippen MR) is 98.4 cm³/mol. The van der Waals surface area contributed by atoms with Gasteiger partial charge in [0, 0.05) is 16.8 Å². The van der Waals surface area contributed by atoms with Crippen LogP contribution in [0.1, 0.15) is 57.6 Å². The van der Waals surface area contributed by atoms with E-state index in [2.05, 4.69) is 10.3 Å². The molecule has 1 aromatic carbocycles. The molecule has 0 unspecified atom stereocenters. The van der Waals surface area contributed by atoms with Crippen LogP contribution in [0.15, 0.2) is 24.3 Å². The second-order valence-electron chi connectivity index (χ2n) is 6.14. The van der Waals surface area contributed by atoms with E-state index in [0.29, 0.717) is 27.5 Å². The van der Waals surface area contributed by atoms with Crippen LogP contribution in [0.4, 0.5) is 0 Å². The highest BCUT2D eigenvalue weighted by molar-refractivity contribution is 6.30. The molecule has 0 bridgehead atoms. The van der Waals surface area contributed by atoms with Gasteiger partial charge < -0.3 is 15.0 Å². The molecule has 0 radical (unpaired) electrons. The molecule has 0 fully saturated rings. The van der Waals surface area contributed by atoms with E-state index in [9.17, 15) is 9.59 Å². The number of Topliss-reactive ketones (excluding diaryl/α,β-unsaturated/α-hetero) is 1. The summed E-state index contributed by atoms with van der Waals surface area (Å²) in [6.07, 6.45) is 0. The zero-order valence-corrected chi connectivity index (χ0v) is 15.8. The third-order valence-electron chi connectivity index (χ3n) is 4.34. The van der Waals surface area contributed by atoms with Gasteiger partial charge in [0.15, 0.2) is 5.78 Å². The third kappa shape index (κ3) is 4.11. The molecule has 1 aromatic heterocycles. The molecular weight excluding hydrogens is 340 g/mol. The molecule has 0 amide bonds. The van der Waals surface area contributed by atoms with Crippen molar-refractivity contribution in [3.63, 3.8) is 0 Å². The number of ether oxygens (including phenoxy) is 1. The Bertz CT molecular complexity index is 781. The number of rotatable bonds is 6. The summed E-state index contributed by atoms with van der Waals surface area (Å²) in [5.74, 6) is -0.544. The second kappa shape index (κ2) is 7.85. The van der Waals surface area contributed by atoms with Crippen LogP contribution in [0.25, 0.3) is 0 Å². The van der Waals surface area contributed by atoms with Crippen molar-refractivity contribution in [3.8, 4) is 0 Å². The second-order valence-corrected chi connectivity index (χ2v) is 6.58. The molecule has 0 spiro atoms. The number of aromatic amines is 1. The number of esters is 1. The molecule has 25 heavy (non-hydrogen) atoms. The van der Waals surface area contributed by atoms with E-state index in [1.807, 2.05) is 38.1 Å². The van der Waals surface area contributed by atoms with Crippen LogP contribution in [0, 0.1) is 13.8 Å². The van der Waals surface area contributed by atoms with E-state index >= 15 is 0 Å². The number of aromatic nitrogens is 1. The van der Waals surface area contributed by atoms with Gasteiger partial charge in [-0.25, -0.2) is 4.79 Å². The number of nitrogens with one attached hydrogen (secondary N) is 2. The van der Waals surface area contributed by atoms with E-state index in [4.69, 9.17) is 16.3 Å². The van der Waals surface area contributed by atoms with Gasteiger partial charge in [0.05, 0.1) is 24.4 Å². The number of benzene rings is 1. The largest absolute Gasteiger partial charge is 0.465 e. The number of methoxy groups -OCH3 is 1. The minimum atomic E-state index is -0.444. The van der Waals surface area contributed by atoms with Crippen LogP contribution in [0.2, 0.25) is 5.02 Å². The van der Waals surface area contributed by atoms with Gasteiger partial charge in [0.25, 0.3) is 0 Å². The average molecular weight is 363 g/mol. The lowest BCUT2D eigenvalue weighted by atomic mass is 10.0. The highest BCUT2D eigenvalue weighted by atomic mass is 35.5. The summed E-state index contributed by atoms with van der Waals surface area (Å²) in [6, 6.07) is 7.05. The SMILES string of the molecule is COC(=O)c1c(C)[nH]c(C(=O)[C@@H](C)N[C@H](C)c2ccc(Cl)cc2)c1C. The van der Waals surface area contributed by atoms with Crippen molar-refractivity contribution in [3.05, 3.63) is 57.4 Å². The lowest BCUT2D eigenvalue weighted by Gasteiger charge is -2.19. The highest BCUT2D eigenvalue weighted by Crippen LogP contribution is 2.21. The Morgan fingerprint density at radius 2 is 1.76 bits per heavy atom. The van der Waals surface area contributed by atoms with Crippen molar-refractivity contribution in [1.82, 2.24) is 10.3 Å². The van der Waals surface area contributed by atoms with E-state index in [-0.39, 0.29) is 11.8 Å². The number of carbonyl (C=O) groups is 2.